The molecule has 0 atom stereocenters. The minimum Gasteiger partial charge on any atom is -0.350 e. The average Bonchev–Trinajstić information content (AvgIpc) is 2.93. The highest BCUT2D eigenvalue weighted by molar-refractivity contribution is 6.46. The number of nitrogens with one attached hydrogen (secondary N) is 1. The number of halogens is 2. The van der Waals surface area contributed by atoms with Crippen LogP contribution in [0.15, 0.2) is 78.5 Å². The molecule has 1 aliphatic rings. The SMILES string of the molecule is Cc1ccc(N2C(=O)C(Nc3cccc(F)c3)=C(c3ccc(F)cc3)C2=O)cc1. The number of hydrogen-bond acceptors (Lipinski definition) is 3. The van der Waals surface area contributed by atoms with Crippen molar-refractivity contribution in [3.63, 3.8) is 0 Å². The largest absolute Gasteiger partial charge is 0.350 e. The van der Waals surface area contributed by atoms with Gasteiger partial charge in [-0.3, -0.25) is 9.59 Å². The molecule has 1 N–H and O–H groups in total. The van der Waals surface area contributed by atoms with Crippen LogP contribution < -0.4 is 10.2 Å². The molecule has 0 fully saturated rings. The van der Waals surface area contributed by atoms with E-state index < -0.39 is 23.4 Å². The topological polar surface area (TPSA) is 49.4 Å². The molecule has 144 valence electrons. The first-order valence-corrected chi connectivity index (χ1v) is 8.92. The summed E-state index contributed by atoms with van der Waals surface area (Å²) in [4.78, 5) is 27.4. The van der Waals surface area contributed by atoms with Crippen molar-refractivity contribution >= 4 is 28.8 Å². The maximum atomic E-state index is 13.6. The third kappa shape index (κ3) is 3.52. The van der Waals surface area contributed by atoms with Gasteiger partial charge in [-0.15, -0.1) is 0 Å². The van der Waals surface area contributed by atoms with Crippen molar-refractivity contribution in [2.45, 2.75) is 6.92 Å². The number of amides is 2. The minimum absolute atomic E-state index is 0.00721. The van der Waals surface area contributed by atoms with E-state index in [1.807, 2.05) is 6.92 Å². The number of rotatable bonds is 4. The number of anilines is 2. The molecule has 6 heteroatoms. The molecule has 0 saturated heterocycles. The molecule has 0 bridgehead atoms. The molecule has 4 nitrogen and oxygen atoms in total. The van der Waals surface area contributed by atoms with Gasteiger partial charge in [0.05, 0.1) is 11.3 Å². The quantitative estimate of drug-likeness (QED) is 0.659. The summed E-state index contributed by atoms with van der Waals surface area (Å²) in [5.74, 6) is -2.04. The van der Waals surface area contributed by atoms with E-state index in [0.717, 1.165) is 10.5 Å². The number of hydrogen-bond donors (Lipinski definition) is 1. The van der Waals surface area contributed by atoms with E-state index in [1.54, 1.807) is 30.3 Å². The second-order valence-electron chi connectivity index (χ2n) is 6.67. The van der Waals surface area contributed by atoms with Crippen LogP contribution in [0.3, 0.4) is 0 Å². The third-order valence-corrected chi connectivity index (χ3v) is 4.60. The van der Waals surface area contributed by atoms with Crippen LogP contribution in [0.5, 0.6) is 0 Å². The number of aryl methyl sites for hydroxylation is 1. The van der Waals surface area contributed by atoms with Crippen LogP contribution in [0, 0.1) is 18.6 Å². The van der Waals surface area contributed by atoms with E-state index in [-0.39, 0.29) is 11.3 Å². The van der Waals surface area contributed by atoms with Crippen LogP contribution in [-0.2, 0) is 9.59 Å². The molecule has 1 aliphatic heterocycles. The van der Waals surface area contributed by atoms with Gasteiger partial charge in [0.1, 0.15) is 17.3 Å². The number of carbonyl (C=O) groups excluding carboxylic acids is 2. The fourth-order valence-electron chi connectivity index (χ4n) is 3.17. The van der Waals surface area contributed by atoms with Crippen LogP contribution in [0.4, 0.5) is 20.2 Å². The summed E-state index contributed by atoms with van der Waals surface area (Å²) in [5.41, 5.74) is 2.22. The molecular formula is C23H16F2N2O2. The van der Waals surface area contributed by atoms with Crippen molar-refractivity contribution in [2.75, 3.05) is 10.2 Å². The first-order valence-electron chi connectivity index (χ1n) is 8.92. The second kappa shape index (κ2) is 7.31. The lowest BCUT2D eigenvalue weighted by Crippen LogP contribution is -2.32. The van der Waals surface area contributed by atoms with Crippen molar-refractivity contribution in [3.05, 3.63) is 101 Å². The molecule has 0 spiro atoms. The molecular weight excluding hydrogens is 374 g/mol. The Hall–Kier alpha value is -3.80. The molecule has 0 radical (unpaired) electrons. The van der Waals surface area contributed by atoms with Crippen molar-refractivity contribution < 1.29 is 18.4 Å². The molecule has 4 rings (SSSR count). The van der Waals surface area contributed by atoms with Crippen LogP contribution in [0.1, 0.15) is 11.1 Å². The predicted molar refractivity (Wildman–Crippen MR) is 107 cm³/mol. The Labute approximate surface area is 166 Å². The van der Waals surface area contributed by atoms with Gasteiger partial charge < -0.3 is 5.32 Å². The Morgan fingerprint density at radius 1 is 0.793 bits per heavy atom. The summed E-state index contributed by atoms with van der Waals surface area (Å²) in [6, 6.07) is 17.8. The number of imide groups is 1. The maximum absolute atomic E-state index is 13.6. The highest BCUT2D eigenvalue weighted by Crippen LogP contribution is 2.34. The lowest BCUT2D eigenvalue weighted by molar-refractivity contribution is -0.120. The van der Waals surface area contributed by atoms with E-state index in [9.17, 15) is 18.4 Å². The summed E-state index contributed by atoms with van der Waals surface area (Å²) in [7, 11) is 0. The van der Waals surface area contributed by atoms with Gasteiger partial charge >= 0.3 is 0 Å². The van der Waals surface area contributed by atoms with Crippen LogP contribution >= 0.6 is 0 Å². The molecule has 0 aromatic heterocycles. The second-order valence-corrected chi connectivity index (χ2v) is 6.67. The van der Waals surface area contributed by atoms with Crippen LogP contribution in [-0.4, -0.2) is 11.8 Å². The maximum Gasteiger partial charge on any atom is 0.282 e. The number of carbonyl (C=O) groups is 2. The van der Waals surface area contributed by atoms with Gasteiger partial charge in [0, 0.05) is 5.69 Å². The molecule has 0 unspecified atom stereocenters. The van der Waals surface area contributed by atoms with E-state index in [4.69, 9.17) is 0 Å². The molecule has 0 aliphatic carbocycles. The number of benzene rings is 3. The Balaban J connectivity index is 1.82. The fourth-order valence-corrected chi connectivity index (χ4v) is 3.17. The monoisotopic (exact) mass is 390 g/mol. The fraction of sp³-hybridized carbons (Fsp3) is 0.0435. The van der Waals surface area contributed by atoms with Crippen LogP contribution in [0.2, 0.25) is 0 Å². The molecule has 3 aromatic rings. The van der Waals surface area contributed by atoms with Gasteiger partial charge in [0.25, 0.3) is 11.8 Å². The highest BCUT2D eigenvalue weighted by Gasteiger charge is 2.40. The van der Waals surface area contributed by atoms with Gasteiger partial charge in [-0.1, -0.05) is 35.9 Å². The van der Waals surface area contributed by atoms with Crippen molar-refractivity contribution in [3.8, 4) is 0 Å². The first kappa shape index (κ1) is 18.6. The van der Waals surface area contributed by atoms with Gasteiger partial charge in [0.2, 0.25) is 0 Å². The third-order valence-electron chi connectivity index (χ3n) is 4.60. The zero-order valence-corrected chi connectivity index (χ0v) is 15.4. The van der Waals surface area contributed by atoms with Gasteiger partial charge in [-0.05, 0) is 55.0 Å². The molecule has 1 heterocycles. The summed E-state index contributed by atoms with van der Waals surface area (Å²) in [6.07, 6.45) is 0. The smallest absolute Gasteiger partial charge is 0.282 e. The molecule has 0 saturated carbocycles. The Bertz CT molecular complexity index is 1140. The predicted octanol–water partition coefficient (Wildman–Crippen LogP) is 4.67. The zero-order chi connectivity index (χ0) is 20.5. The minimum atomic E-state index is -0.567. The highest BCUT2D eigenvalue weighted by atomic mass is 19.1. The van der Waals surface area contributed by atoms with Gasteiger partial charge in [-0.25, -0.2) is 13.7 Å². The molecule has 2 amide bonds. The van der Waals surface area contributed by atoms with E-state index in [2.05, 4.69) is 5.32 Å². The summed E-state index contributed by atoms with van der Waals surface area (Å²) in [5, 5.41) is 2.87. The number of nitrogens with zero attached hydrogens (tertiary/aromatic N) is 1. The molecule has 3 aromatic carbocycles. The van der Waals surface area contributed by atoms with Crippen LogP contribution in [0.25, 0.3) is 5.57 Å². The summed E-state index contributed by atoms with van der Waals surface area (Å²) in [6.45, 7) is 1.90. The van der Waals surface area contributed by atoms with Crippen molar-refractivity contribution in [2.24, 2.45) is 0 Å². The zero-order valence-electron chi connectivity index (χ0n) is 15.4. The average molecular weight is 390 g/mol. The first-order chi connectivity index (χ1) is 13.9. The van der Waals surface area contributed by atoms with Gasteiger partial charge in [-0.2, -0.15) is 0 Å². The lowest BCUT2D eigenvalue weighted by atomic mass is 10.0. The standard InChI is InChI=1S/C23H16F2N2O2/c1-14-5-11-19(12-6-14)27-22(28)20(15-7-9-16(24)10-8-15)21(23(27)29)26-18-4-2-3-17(25)13-18/h2-13,26H,1H3. The molecule has 29 heavy (non-hydrogen) atoms. The normalized spacial score (nSPS) is 14.0. The lowest BCUT2D eigenvalue weighted by Gasteiger charge is -2.15. The van der Waals surface area contributed by atoms with Crippen molar-refractivity contribution in [1.29, 1.82) is 0 Å². The summed E-state index contributed by atoms with van der Waals surface area (Å²) >= 11 is 0. The Kier molecular flexibility index (Phi) is 4.68. The summed E-state index contributed by atoms with van der Waals surface area (Å²) < 4.78 is 27.0. The van der Waals surface area contributed by atoms with Crippen molar-refractivity contribution in [1.82, 2.24) is 0 Å². The Morgan fingerprint density at radius 3 is 2.14 bits per heavy atom. The van der Waals surface area contributed by atoms with E-state index >= 15 is 0 Å². The van der Waals surface area contributed by atoms with Gasteiger partial charge in [0.15, 0.2) is 0 Å². The van der Waals surface area contributed by atoms with E-state index in [1.165, 1.54) is 42.5 Å². The van der Waals surface area contributed by atoms with E-state index in [0.29, 0.717) is 16.9 Å². The Morgan fingerprint density at radius 2 is 1.48 bits per heavy atom.